The van der Waals surface area contributed by atoms with Crippen LogP contribution in [0.4, 0.5) is 10.5 Å². The zero-order valence-corrected chi connectivity index (χ0v) is 13.4. The lowest BCUT2D eigenvalue weighted by atomic mass is 10.2. The van der Waals surface area contributed by atoms with Gasteiger partial charge in [-0.05, 0) is 38.5 Å². The van der Waals surface area contributed by atoms with Gasteiger partial charge >= 0.3 is 12.0 Å². The van der Waals surface area contributed by atoms with Crippen molar-refractivity contribution in [3.8, 4) is 0 Å². The lowest BCUT2D eigenvalue weighted by Gasteiger charge is -2.27. The monoisotopic (exact) mass is 342 g/mol. The van der Waals surface area contributed by atoms with E-state index in [0.29, 0.717) is 16.7 Å². The first-order valence-electron chi connectivity index (χ1n) is 6.51. The van der Waals surface area contributed by atoms with Crippen LogP contribution in [0.25, 0.3) is 0 Å². The number of carbonyl (C=O) groups is 2. The summed E-state index contributed by atoms with van der Waals surface area (Å²) < 4.78 is 0.712. The molecule has 0 aliphatic rings. The zero-order chi connectivity index (χ0) is 15.3. The minimum Gasteiger partial charge on any atom is -0.478 e. The molecule has 5 nitrogen and oxygen atoms in total. The average molecular weight is 343 g/mol. The molecule has 1 aromatic carbocycles. The predicted octanol–water partition coefficient (Wildman–Crippen LogP) is 3.80. The fourth-order valence-corrected chi connectivity index (χ4v) is 2.23. The first kappa shape index (κ1) is 16.5. The van der Waals surface area contributed by atoms with Gasteiger partial charge in [-0.15, -0.1) is 0 Å². The number of carbonyl (C=O) groups excluding carboxylic acids is 1. The second-order valence-electron chi connectivity index (χ2n) is 4.47. The molecule has 0 fully saturated rings. The zero-order valence-electron chi connectivity index (χ0n) is 11.8. The number of aromatic carboxylic acids is 1. The number of benzene rings is 1. The van der Waals surface area contributed by atoms with Gasteiger partial charge in [0.2, 0.25) is 0 Å². The Kier molecular flexibility index (Phi) is 6.01. The number of carboxylic acid groups (broad SMARTS) is 1. The number of nitrogens with zero attached hydrogens (tertiary/aromatic N) is 1. The molecule has 1 rings (SSSR count). The molecule has 0 aromatic heterocycles. The maximum Gasteiger partial charge on any atom is 0.337 e. The minimum atomic E-state index is -1.07. The van der Waals surface area contributed by atoms with Gasteiger partial charge in [0.15, 0.2) is 0 Å². The van der Waals surface area contributed by atoms with Crippen LogP contribution in [0.1, 0.15) is 37.6 Å². The molecule has 110 valence electrons. The number of anilines is 1. The third kappa shape index (κ3) is 3.96. The number of halogens is 1. The minimum absolute atomic E-state index is 0.0711. The molecular weight excluding hydrogens is 324 g/mol. The van der Waals surface area contributed by atoms with E-state index >= 15 is 0 Å². The topological polar surface area (TPSA) is 69.6 Å². The highest BCUT2D eigenvalue weighted by atomic mass is 79.9. The van der Waals surface area contributed by atoms with E-state index in [0.717, 1.165) is 6.42 Å². The molecule has 20 heavy (non-hydrogen) atoms. The quantitative estimate of drug-likeness (QED) is 0.854. The second kappa shape index (κ2) is 7.28. The van der Waals surface area contributed by atoms with Crippen molar-refractivity contribution in [3.63, 3.8) is 0 Å². The molecule has 2 amide bonds. The maximum absolute atomic E-state index is 12.2. The van der Waals surface area contributed by atoms with Gasteiger partial charge in [0.1, 0.15) is 0 Å². The fourth-order valence-electron chi connectivity index (χ4n) is 1.87. The van der Waals surface area contributed by atoms with E-state index in [4.69, 9.17) is 5.11 Å². The molecule has 0 aliphatic carbocycles. The van der Waals surface area contributed by atoms with E-state index in [2.05, 4.69) is 21.2 Å². The van der Waals surface area contributed by atoms with E-state index in [1.807, 2.05) is 20.8 Å². The van der Waals surface area contributed by atoms with Crippen LogP contribution in [0.2, 0.25) is 0 Å². The van der Waals surface area contributed by atoms with Gasteiger partial charge in [-0.3, -0.25) is 0 Å². The summed E-state index contributed by atoms with van der Waals surface area (Å²) in [5.74, 6) is -1.07. The van der Waals surface area contributed by atoms with Crippen molar-refractivity contribution in [1.29, 1.82) is 0 Å². The fraction of sp³-hybridized carbons (Fsp3) is 0.429. The van der Waals surface area contributed by atoms with Crippen LogP contribution in [0.3, 0.4) is 0 Å². The van der Waals surface area contributed by atoms with Crippen molar-refractivity contribution in [2.75, 3.05) is 11.9 Å². The molecule has 0 saturated heterocycles. The Morgan fingerprint density at radius 3 is 2.55 bits per heavy atom. The van der Waals surface area contributed by atoms with Gasteiger partial charge in [-0.2, -0.15) is 0 Å². The summed E-state index contributed by atoms with van der Waals surface area (Å²) in [7, 11) is 0. The summed E-state index contributed by atoms with van der Waals surface area (Å²) in [6, 6.07) is 4.49. The van der Waals surface area contributed by atoms with E-state index in [1.165, 1.54) is 6.07 Å². The smallest absolute Gasteiger partial charge is 0.337 e. The molecule has 0 heterocycles. The van der Waals surface area contributed by atoms with Gasteiger partial charge in [-0.25, -0.2) is 9.59 Å². The third-order valence-corrected chi connectivity index (χ3v) is 3.67. The summed E-state index contributed by atoms with van der Waals surface area (Å²) in [5.41, 5.74) is 0.361. The lowest BCUT2D eigenvalue weighted by molar-refractivity contribution is 0.0698. The summed E-state index contributed by atoms with van der Waals surface area (Å²) in [6.07, 6.45) is 0.839. The van der Waals surface area contributed by atoms with Gasteiger partial charge in [0, 0.05) is 17.1 Å². The number of hydrogen-bond donors (Lipinski definition) is 2. The highest BCUT2D eigenvalue weighted by molar-refractivity contribution is 9.10. The third-order valence-electron chi connectivity index (χ3n) is 3.18. The Balaban J connectivity index is 3.00. The lowest BCUT2D eigenvalue weighted by Crippen LogP contribution is -2.41. The normalized spacial score (nSPS) is 11.8. The SMILES string of the molecule is CCC(C)N(CC)C(=O)Nc1cc(Br)ccc1C(=O)O. The predicted molar refractivity (Wildman–Crippen MR) is 82.3 cm³/mol. The molecule has 0 spiro atoms. The molecule has 0 radical (unpaired) electrons. The Morgan fingerprint density at radius 2 is 2.05 bits per heavy atom. The van der Waals surface area contributed by atoms with Crippen molar-refractivity contribution >= 4 is 33.6 Å². The van der Waals surface area contributed by atoms with E-state index in [-0.39, 0.29) is 17.6 Å². The molecule has 2 N–H and O–H groups in total. The number of rotatable bonds is 5. The number of nitrogens with one attached hydrogen (secondary N) is 1. The van der Waals surface area contributed by atoms with Crippen molar-refractivity contribution in [2.24, 2.45) is 0 Å². The molecule has 0 bridgehead atoms. The molecule has 6 heteroatoms. The van der Waals surface area contributed by atoms with E-state index < -0.39 is 5.97 Å². The van der Waals surface area contributed by atoms with Gasteiger partial charge < -0.3 is 15.3 Å². The first-order chi connectivity index (χ1) is 9.40. The summed E-state index contributed by atoms with van der Waals surface area (Å²) in [6.45, 7) is 6.42. The molecule has 0 saturated carbocycles. The maximum atomic E-state index is 12.2. The Bertz CT molecular complexity index is 505. The van der Waals surface area contributed by atoms with E-state index in [9.17, 15) is 9.59 Å². The van der Waals surface area contributed by atoms with Crippen LogP contribution in [0.5, 0.6) is 0 Å². The van der Waals surface area contributed by atoms with Gasteiger partial charge in [0.25, 0.3) is 0 Å². The summed E-state index contributed by atoms with van der Waals surface area (Å²) in [5, 5.41) is 11.8. The second-order valence-corrected chi connectivity index (χ2v) is 5.38. The van der Waals surface area contributed by atoms with Crippen LogP contribution in [0.15, 0.2) is 22.7 Å². The van der Waals surface area contributed by atoms with Crippen molar-refractivity contribution in [2.45, 2.75) is 33.2 Å². The highest BCUT2D eigenvalue weighted by Gasteiger charge is 2.19. The van der Waals surface area contributed by atoms with Crippen molar-refractivity contribution < 1.29 is 14.7 Å². The highest BCUT2D eigenvalue weighted by Crippen LogP contribution is 2.22. The number of hydrogen-bond acceptors (Lipinski definition) is 2. The van der Waals surface area contributed by atoms with Crippen molar-refractivity contribution in [3.05, 3.63) is 28.2 Å². The molecule has 1 atom stereocenters. The van der Waals surface area contributed by atoms with Crippen molar-refractivity contribution in [1.82, 2.24) is 4.90 Å². The van der Waals surface area contributed by atoms with Gasteiger partial charge in [-0.1, -0.05) is 22.9 Å². The Labute approximate surface area is 127 Å². The molecular formula is C14H19BrN2O3. The summed E-state index contributed by atoms with van der Waals surface area (Å²) >= 11 is 3.27. The number of carboxylic acids is 1. The van der Waals surface area contributed by atoms with E-state index in [1.54, 1.807) is 17.0 Å². The number of amides is 2. The molecule has 1 aromatic rings. The molecule has 0 aliphatic heterocycles. The number of urea groups is 1. The average Bonchev–Trinajstić information content (AvgIpc) is 2.38. The van der Waals surface area contributed by atoms with Gasteiger partial charge in [0.05, 0.1) is 11.3 Å². The van der Waals surface area contributed by atoms with Crippen LogP contribution >= 0.6 is 15.9 Å². The Hall–Kier alpha value is -1.56. The Morgan fingerprint density at radius 1 is 1.40 bits per heavy atom. The molecule has 1 unspecified atom stereocenters. The van der Waals surface area contributed by atoms with Crippen LogP contribution in [-0.2, 0) is 0 Å². The first-order valence-corrected chi connectivity index (χ1v) is 7.30. The standard InChI is InChI=1S/C14H19BrN2O3/c1-4-9(3)17(5-2)14(20)16-12-8-10(15)6-7-11(12)13(18)19/h6-9H,4-5H2,1-3H3,(H,16,20)(H,18,19). The largest absolute Gasteiger partial charge is 0.478 e. The van der Waals surface area contributed by atoms with Crippen LogP contribution in [0, 0.1) is 0 Å². The van der Waals surface area contributed by atoms with Crippen LogP contribution < -0.4 is 5.32 Å². The summed E-state index contributed by atoms with van der Waals surface area (Å²) in [4.78, 5) is 25.1. The van der Waals surface area contributed by atoms with Crippen LogP contribution in [-0.4, -0.2) is 34.6 Å².